The third-order valence-electron chi connectivity index (χ3n) is 9.23. The van der Waals surface area contributed by atoms with E-state index in [9.17, 15) is 0 Å². The van der Waals surface area contributed by atoms with Crippen LogP contribution in [0.1, 0.15) is 77.6 Å². The van der Waals surface area contributed by atoms with Crippen LogP contribution in [-0.2, 0) is 39.2 Å². The average Bonchev–Trinajstić information content (AvgIpc) is 3.73. The van der Waals surface area contributed by atoms with Crippen LogP contribution in [0.4, 0.5) is 0 Å². The van der Waals surface area contributed by atoms with Gasteiger partial charge in [-0.1, -0.05) is 115 Å². The molecule has 4 aromatic carbocycles. The molecule has 0 atom stereocenters. The van der Waals surface area contributed by atoms with Crippen molar-refractivity contribution >= 4 is 32.8 Å². The standard InChI is InChI=1S/C48H47N5O.Pt/c1-32(2)22-33-12-11-13-36(23-33)51-31-52(45-25-35(48(6,7)8)16-19-43(45)51)37-26-39(30-49-29-37)54-38-17-18-41-40-14-9-10-15-42(40)53(44(41)27-38)46-24-34(20-21-50-46)28-47(3,4)5;/h9-21,23-25,29-30,32H,22,28H2,1-8H3;/q-2;/i22D2,28D2;. The molecule has 0 fully saturated rings. The van der Waals surface area contributed by atoms with E-state index in [1.165, 1.54) is 0 Å². The zero-order valence-corrected chi connectivity index (χ0v) is 34.7. The molecule has 0 aliphatic rings. The van der Waals surface area contributed by atoms with Crippen molar-refractivity contribution in [2.75, 3.05) is 0 Å². The van der Waals surface area contributed by atoms with Gasteiger partial charge in [0.1, 0.15) is 5.82 Å². The fraction of sp³-hybridized carbons (Fsp3) is 0.271. The summed E-state index contributed by atoms with van der Waals surface area (Å²) in [6.45, 7) is 16.0. The molecule has 8 aromatic rings. The number of hydrogen-bond acceptors (Lipinski definition) is 3. The molecule has 6 nitrogen and oxygen atoms in total. The van der Waals surface area contributed by atoms with Gasteiger partial charge in [0.25, 0.3) is 6.33 Å². The van der Waals surface area contributed by atoms with E-state index in [0.717, 1.165) is 44.1 Å². The zero-order chi connectivity index (χ0) is 41.4. The molecular weight excluding hydrogens is 858 g/mol. The van der Waals surface area contributed by atoms with Crippen molar-refractivity contribution in [3.63, 3.8) is 0 Å². The topological polar surface area (TPSA) is 48.8 Å². The third-order valence-corrected chi connectivity index (χ3v) is 9.23. The molecule has 282 valence electrons. The van der Waals surface area contributed by atoms with E-state index in [4.69, 9.17) is 15.2 Å². The number of imidazole rings is 1. The maximum atomic E-state index is 8.95. The Kier molecular flexibility index (Phi) is 9.01. The van der Waals surface area contributed by atoms with Crippen LogP contribution in [0.3, 0.4) is 0 Å². The molecule has 4 aromatic heterocycles. The van der Waals surface area contributed by atoms with Gasteiger partial charge in [0.15, 0.2) is 0 Å². The van der Waals surface area contributed by atoms with E-state index in [0.29, 0.717) is 34.1 Å². The van der Waals surface area contributed by atoms with Crippen molar-refractivity contribution in [2.24, 2.45) is 11.3 Å². The predicted octanol–water partition coefficient (Wildman–Crippen LogP) is 11.1. The number of nitrogens with zero attached hydrogens (tertiary/aromatic N) is 5. The van der Waals surface area contributed by atoms with Gasteiger partial charge < -0.3 is 18.9 Å². The Bertz CT molecular complexity index is 2850. The van der Waals surface area contributed by atoms with E-state index in [1.54, 1.807) is 24.7 Å². The van der Waals surface area contributed by atoms with E-state index in [2.05, 4.69) is 68.5 Å². The zero-order valence-electron chi connectivity index (χ0n) is 36.4. The van der Waals surface area contributed by atoms with E-state index < -0.39 is 18.2 Å². The van der Waals surface area contributed by atoms with Gasteiger partial charge in [0.2, 0.25) is 0 Å². The summed E-state index contributed by atoms with van der Waals surface area (Å²) < 4.78 is 47.8. The van der Waals surface area contributed by atoms with Gasteiger partial charge in [0.05, 0.1) is 16.7 Å². The predicted molar refractivity (Wildman–Crippen MR) is 218 cm³/mol. The van der Waals surface area contributed by atoms with Crippen molar-refractivity contribution in [3.05, 3.63) is 145 Å². The van der Waals surface area contributed by atoms with Crippen LogP contribution in [0.5, 0.6) is 11.5 Å². The van der Waals surface area contributed by atoms with Crippen LogP contribution in [0.2, 0.25) is 0 Å². The van der Waals surface area contributed by atoms with Crippen molar-refractivity contribution in [1.82, 2.24) is 19.1 Å². The summed E-state index contributed by atoms with van der Waals surface area (Å²) in [7, 11) is 0. The Hall–Kier alpha value is -5.06. The van der Waals surface area contributed by atoms with Gasteiger partial charge in [-0.15, -0.1) is 23.6 Å². The van der Waals surface area contributed by atoms with Gasteiger partial charge in [-0.05, 0) is 94.3 Å². The Morgan fingerprint density at radius 3 is 2.40 bits per heavy atom. The second-order valence-corrected chi connectivity index (χ2v) is 16.2. The molecule has 0 radical (unpaired) electrons. The summed E-state index contributed by atoms with van der Waals surface area (Å²) >= 11 is 0. The normalized spacial score (nSPS) is 13.8. The number of aromatic nitrogens is 5. The maximum Gasteiger partial charge on any atom is 0.268 e. The first-order valence-electron chi connectivity index (χ1n) is 20.4. The second kappa shape index (κ2) is 14.9. The molecule has 0 bridgehead atoms. The van der Waals surface area contributed by atoms with Gasteiger partial charge in [-0.25, -0.2) is 4.98 Å². The van der Waals surface area contributed by atoms with E-state index in [-0.39, 0.29) is 32.4 Å². The van der Waals surface area contributed by atoms with Crippen LogP contribution < -0.4 is 9.30 Å². The molecule has 0 aliphatic heterocycles. The second-order valence-electron chi connectivity index (χ2n) is 16.2. The summed E-state index contributed by atoms with van der Waals surface area (Å²) in [5.74, 6) is 1.22. The minimum atomic E-state index is -1.60. The van der Waals surface area contributed by atoms with E-state index in [1.807, 2.05) is 109 Å². The average molecular weight is 909 g/mol. The summed E-state index contributed by atoms with van der Waals surface area (Å²) in [5, 5.41) is 1.98. The van der Waals surface area contributed by atoms with Crippen LogP contribution in [-0.4, -0.2) is 19.1 Å². The molecule has 0 saturated heterocycles. The largest absolute Gasteiger partial charge is 0.508 e. The number of fused-ring (bicyclic) bond motifs is 4. The van der Waals surface area contributed by atoms with Crippen molar-refractivity contribution in [1.29, 1.82) is 0 Å². The SMILES string of the molecule is [2H]C([2H])(c1cccc(-[n+]2[c-]n(-c3[c-]c(Oc4[c-]c5c(cc4)c4ccccc4n5-c4cc(C([2H])([2H])C(C)(C)C)ccn4)cnc3)c3cc(C(C)(C)C)ccc32)c1)C(C)C.[Pt]. The van der Waals surface area contributed by atoms with Crippen molar-refractivity contribution < 1.29 is 35.9 Å². The number of pyridine rings is 2. The molecule has 8 rings (SSSR count). The Morgan fingerprint density at radius 1 is 0.800 bits per heavy atom. The third kappa shape index (κ3) is 7.88. The number of rotatable bonds is 8. The summed E-state index contributed by atoms with van der Waals surface area (Å²) in [4.78, 5) is 9.30. The Labute approximate surface area is 344 Å². The molecule has 4 heterocycles. The quantitative estimate of drug-likeness (QED) is 0.113. The smallest absolute Gasteiger partial charge is 0.268 e. The number of hydrogen-bond donors (Lipinski definition) is 0. The number of ether oxygens (including phenoxy) is 1. The molecule has 0 N–H and O–H groups in total. The van der Waals surface area contributed by atoms with Gasteiger partial charge in [-0.2, -0.15) is 6.07 Å². The van der Waals surface area contributed by atoms with Gasteiger partial charge in [0, 0.05) is 49.8 Å². The van der Waals surface area contributed by atoms with Crippen LogP contribution >= 0.6 is 0 Å². The summed E-state index contributed by atoms with van der Waals surface area (Å²) in [6, 6.07) is 36.4. The van der Waals surface area contributed by atoms with Gasteiger partial charge >= 0.3 is 0 Å². The van der Waals surface area contributed by atoms with Crippen LogP contribution in [0, 0.1) is 29.8 Å². The monoisotopic (exact) mass is 908 g/mol. The number of benzene rings is 4. The molecule has 55 heavy (non-hydrogen) atoms. The van der Waals surface area contributed by atoms with Crippen LogP contribution in [0.25, 0.3) is 50.0 Å². The Morgan fingerprint density at radius 2 is 1.62 bits per heavy atom. The van der Waals surface area contributed by atoms with E-state index >= 15 is 0 Å². The molecule has 0 saturated carbocycles. The first-order chi connectivity index (χ1) is 27.3. The summed E-state index contributed by atoms with van der Waals surface area (Å²) in [5.41, 5.74) is 6.44. The minimum absolute atomic E-state index is 0. The molecule has 0 spiro atoms. The fourth-order valence-corrected chi connectivity index (χ4v) is 6.89. The van der Waals surface area contributed by atoms with Crippen molar-refractivity contribution in [3.8, 4) is 28.7 Å². The molecule has 7 heteroatoms. The molecule has 0 amide bonds. The van der Waals surface area contributed by atoms with Crippen LogP contribution in [0.15, 0.2) is 110 Å². The number of para-hydroxylation sites is 1. The maximum absolute atomic E-state index is 8.95. The molecular formula is C48H47N5OPt-2. The molecule has 0 aliphatic carbocycles. The summed E-state index contributed by atoms with van der Waals surface area (Å²) in [6.07, 6.45) is 5.44. The molecule has 0 unspecified atom stereocenters. The first-order valence-corrected chi connectivity index (χ1v) is 18.4. The minimum Gasteiger partial charge on any atom is -0.508 e. The van der Waals surface area contributed by atoms with Gasteiger partial charge in [-0.3, -0.25) is 4.57 Å². The Balaban J connectivity index is 0.00000528. The van der Waals surface area contributed by atoms with Crippen molar-refractivity contribution in [2.45, 2.75) is 73.6 Å². The first kappa shape index (κ1) is 33.3. The fourth-order valence-electron chi connectivity index (χ4n) is 6.89.